The van der Waals surface area contributed by atoms with Crippen molar-refractivity contribution in [3.05, 3.63) is 27.7 Å². The van der Waals surface area contributed by atoms with Crippen LogP contribution in [0.5, 0.6) is 5.75 Å². The fourth-order valence-electron chi connectivity index (χ4n) is 1.45. The number of carbonyl (C=O) groups is 1. The number of rotatable bonds is 3. The summed E-state index contributed by atoms with van der Waals surface area (Å²) >= 11 is 3.36. The van der Waals surface area contributed by atoms with Crippen molar-refractivity contribution in [2.45, 2.75) is 19.8 Å². The van der Waals surface area contributed by atoms with Crippen LogP contribution in [0.4, 0.5) is 0 Å². The number of methoxy groups -OCH3 is 1. The van der Waals surface area contributed by atoms with E-state index in [2.05, 4.69) is 15.9 Å². The van der Waals surface area contributed by atoms with Crippen LogP contribution >= 0.6 is 15.9 Å². The lowest BCUT2D eigenvalue weighted by molar-refractivity contribution is 0.0696. The van der Waals surface area contributed by atoms with E-state index in [0.717, 1.165) is 10.0 Å². The fraction of sp³-hybridized carbons (Fsp3) is 0.364. The second-order valence-corrected chi connectivity index (χ2v) is 4.39. The minimum atomic E-state index is -0.954. The molecule has 4 heteroatoms. The van der Waals surface area contributed by atoms with Gasteiger partial charge in [0.25, 0.3) is 0 Å². The Labute approximate surface area is 97.2 Å². The molecule has 1 aromatic rings. The van der Waals surface area contributed by atoms with Crippen molar-refractivity contribution in [1.29, 1.82) is 0 Å². The normalized spacial score (nSPS) is 10.5. The molecule has 0 spiro atoms. The Balaban J connectivity index is 3.37. The summed E-state index contributed by atoms with van der Waals surface area (Å²) in [5, 5.41) is 8.88. The Bertz CT molecular complexity index is 386. The molecule has 0 saturated carbocycles. The molecule has 0 radical (unpaired) electrons. The van der Waals surface area contributed by atoms with Gasteiger partial charge in [0.1, 0.15) is 5.75 Å². The molecular weight excluding hydrogens is 260 g/mol. The van der Waals surface area contributed by atoms with E-state index in [1.807, 2.05) is 13.8 Å². The van der Waals surface area contributed by atoms with Gasteiger partial charge in [-0.3, -0.25) is 0 Å². The van der Waals surface area contributed by atoms with Crippen LogP contribution in [0.3, 0.4) is 0 Å². The first kappa shape index (κ1) is 12.0. The van der Waals surface area contributed by atoms with Crippen molar-refractivity contribution in [2.24, 2.45) is 0 Å². The lowest BCUT2D eigenvalue weighted by Gasteiger charge is -2.14. The van der Waals surface area contributed by atoms with Crippen LogP contribution in [0.1, 0.15) is 35.7 Å². The molecule has 0 unspecified atom stereocenters. The fourth-order valence-corrected chi connectivity index (χ4v) is 2.35. The lowest BCUT2D eigenvalue weighted by Crippen LogP contribution is -2.02. The van der Waals surface area contributed by atoms with E-state index in [1.165, 1.54) is 0 Å². The Hall–Kier alpha value is -1.03. The number of ether oxygens (including phenoxy) is 1. The minimum Gasteiger partial charge on any atom is -0.496 e. The summed E-state index contributed by atoms with van der Waals surface area (Å²) in [6.45, 7) is 4.06. The first-order valence-corrected chi connectivity index (χ1v) is 5.37. The predicted octanol–water partition coefficient (Wildman–Crippen LogP) is 3.28. The van der Waals surface area contributed by atoms with E-state index >= 15 is 0 Å². The third kappa shape index (κ3) is 2.50. The van der Waals surface area contributed by atoms with Gasteiger partial charge >= 0.3 is 5.97 Å². The maximum Gasteiger partial charge on any atom is 0.335 e. The lowest BCUT2D eigenvalue weighted by atomic mass is 10.0. The molecule has 0 bridgehead atoms. The highest BCUT2D eigenvalue weighted by Gasteiger charge is 2.15. The third-order valence-corrected chi connectivity index (χ3v) is 2.79. The van der Waals surface area contributed by atoms with Gasteiger partial charge in [0.15, 0.2) is 0 Å². The molecule has 1 N–H and O–H groups in total. The van der Waals surface area contributed by atoms with Crippen LogP contribution in [-0.2, 0) is 0 Å². The van der Waals surface area contributed by atoms with Crippen molar-refractivity contribution < 1.29 is 14.6 Å². The number of halogens is 1. The SMILES string of the molecule is COc1cc(C(=O)O)cc(Br)c1C(C)C. The highest BCUT2D eigenvalue weighted by atomic mass is 79.9. The molecule has 15 heavy (non-hydrogen) atoms. The number of hydrogen-bond acceptors (Lipinski definition) is 2. The topological polar surface area (TPSA) is 46.5 Å². The Kier molecular flexibility index (Phi) is 3.74. The maximum atomic E-state index is 10.8. The van der Waals surface area contributed by atoms with Gasteiger partial charge in [0, 0.05) is 10.0 Å². The molecule has 0 aliphatic heterocycles. The Morgan fingerprint density at radius 3 is 2.47 bits per heavy atom. The number of hydrogen-bond donors (Lipinski definition) is 1. The highest BCUT2D eigenvalue weighted by Crippen LogP contribution is 2.34. The summed E-state index contributed by atoms with van der Waals surface area (Å²) in [6.07, 6.45) is 0. The zero-order valence-electron chi connectivity index (χ0n) is 8.87. The third-order valence-electron chi connectivity index (χ3n) is 2.14. The van der Waals surface area contributed by atoms with Crippen molar-refractivity contribution in [1.82, 2.24) is 0 Å². The second kappa shape index (κ2) is 4.66. The molecular formula is C11H13BrO3. The van der Waals surface area contributed by atoms with Gasteiger partial charge in [0.2, 0.25) is 0 Å². The van der Waals surface area contributed by atoms with Crippen LogP contribution in [0.25, 0.3) is 0 Å². The van der Waals surface area contributed by atoms with E-state index < -0.39 is 5.97 Å². The number of carboxylic acid groups (broad SMARTS) is 1. The number of benzene rings is 1. The summed E-state index contributed by atoms with van der Waals surface area (Å²) < 4.78 is 5.96. The number of aromatic carboxylic acids is 1. The van der Waals surface area contributed by atoms with Gasteiger partial charge in [-0.25, -0.2) is 4.79 Å². The largest absolute Gasteiger partial charge is 0.496 e. The molecule has 0 aromatic heterocycles. The second-order valence-electron chi connectivity index (χ2n) is 3.53. The number of carboxylic acids is 1. The molecule has 0 aliphatic carbocycles. The van der Waals surface area contributed by atoms with Gasteiger partial charge < -0.3 is 9.84 Å². The van der Waals surface area contributed by atoms with Crippen LogP contribution < -0.4 is 4.74 Å². The summed E-state index contributed by atoms with van der Waals surface area (Å²) in [6, 6.07) is 3.14. The predicted molar refractivity (Wildman–Crippen MR) is 61.7 cm³/mol. The van der Waals surface area contributed by atoms with Gasteiger partial charge in [-0.05, 0) is 18.1 Å². The zero-order chi connectivity index (χ0) is 11.6. The molecule has 3 nitrogen and oxygen atoms in total. The van der Waals surface area contributed by atoms with Crippen LogP contribution in [0, 0.1) is 0 Å². The first-order valence-electron chi connectivity index (χ1n) is 4.58. The zero-order valence-corrected chi connectivity index (χ0v) is 10.5. The van der Waals surface area contributed by atoms with Crippen molar-refractivity contribution in [3.63, 3.8) is 0 Å². The van der Waals surface area contributed by atoms with Gasteiger partial charge in [-0.15, -0.1) is 0 Å². The molecule has 82 valence electrons. The minimum absolute atomic E-state index is 0.225. The Morgan fingerprint density at radius 1 is 1.47 bits per heavy atom. The molecule has 0 heterocycles. The van der Waals surface area contributed by atoms with Gasteiger partial charge in [0.05, 0.1) is 12.7 Å². The molecule has 0 atom stereocenters. The quantitative estimate of drug-likeness (QED) is 0.919. The van der Waals surface area contributed by atoms with Crippen LogP contribution in [0.15, 0.2) is 16.6 Å². The Morgan fingerprint density at radius 2 is 2.07 bits per heavy atom. The molecule has 1 rings (SSSR count). The van der Waals surface area contributed by atoms with E-state index in [0.29, 0.717) is 5.75 Å². The highest BCUT2D eigenvalue weighted by molar-refractivity contribution is 9.10. The summed E-state index contributed by atoms with van der Waals surface area (Å²) in [7, 11) is 1.54. The molecule has 0 amide bonds. The smallest absolute Gasteiger partial charge is 0.335 e. The summed E-state index contributed by atoms with van der Waals surface area (Å²) in [5.74, 6) is -0.0711. The van der Waals surface area contributed by atoms with Crippen molar-refractivity contribution in [3.8, 4) is 5.75 Å². The van der Waals surface area contributed by atoms with Crippen LogP contribution in [0.2, 0.25) is 0 Å². The summed E-state index contributed by atoms with van der Waals surface area (Å²) in [4.78, 5) is 10.8. The molecule has 0 aliphatic rings. The van der Waals surface area contributed by atoms with E-state index in [1.54, 1.807) is 19.2 Å². The van der Waals surface area contributed by atoms with Gasteiger partial charge in [-0.1, -0.05) is 29.8 Å². The van der Waals surface area contributed by atoms with E-state index in [9.17, 15) is 4.79 Å². The molecule has 0 saturated heterocycles. The average molecular weight is 273 g/mol. The van der Waals surface area contributed by atoms with Crippen molar-refractivity contribution >= 4 is 21.9 Å². The monoisotopic (exact) mass is 272 g/mol. The standard InChI is InChI=1S/C11H13BrO3/c1-6(2)10-8(12)4-7(11(13)14)5-9(10)15-3/h4-6H,1-3H3,(H,13,14). The summed E-state index contributed by atoms with van der Waals surface area (Å²) in [5.41, 5.74) is 1.21. The maximum absolute atomic E-state index is 10.8. The molecule has 1 aromatic carbocycles. The van der Waals surface area contributed by atoms with E-state index in [4.69, 9.17) is 9.84 Å². The van der Waals surface area contributed by atoms with Crippen LogP contribution in [-0.4, -0.2) is 18.2 Å². The average Bonchev–Trinajstić information content (AvgIpc) is 2.15. The van der Waals surface area contributed by atoms with E-state index in [-0.39, 0.29) is 11.5 Å². The first-order chi connectivity index (χ1) is 6.97. The van der Waals surface area contributed by atoms with Crippen molar-refractivity contribution in [2.75, 3.05) is 7.11 Å². The van der Waals surface area contributed by atoms with Gasteiger partial charge in [-0.2, -0.15) is 0 Å². The molecule has 0 fully saturated rings.